The predicted molar refractivity (Wildman–Crippen MR) is 185 cm³/mol. The Balaban J connectivity index is 1.41. The van der Waals surface area contributed by atoms with Crippen LogP contribution in [0.25, 0.3) is 11.1 Å². The van der Waals surface area contributed by atoms with Gasteiger partial charge < -0.3 is 30.5 Å². The van der Waals surface area contributed by atoms with Crippen molar-refractivity contribution in [1.82, 2.24) is 20.6 Å². The maximum Gasteiger partial charge on any atom is 0.251 e. The zero-order valence-corrected chi connectivity index (χ0v) is 30.2. The Labute approximate surface area is 287 Å². The number of fused-ring (bicyclic) bond motifs is 2. The Kier molecular flexibility index (Phi) is 11.0. The minimum absolute atomic E-state index is 0.0487. The van der Waals surface area contributed by atoms with Crippen molar-refractivity contribution >= 4 is 27.7 Å². The van der Waals surface area contributed by atoms with Crippen LogP contribution in [0.15, 0.2) is 40.9 Å². The SMILES string of the molecule is COc1c(CN2O[C@@H](CO)C(C(C)O)[C@H]2C(=O)N[C@H]2C[C@H]3C[C@@H]([C@@H]2C)C3(C)C)cccc1-c1cc(Br)cc(C(=O)NCCN(C)C)c1. The lowest BCUT2D eigenvalue weighted by Gasteiger charge is -2.62. The lowest BCUT2D eigenvalue weighted by Crippen LogP contribution is -2.62. The normalized spacial score (nSPS) is 28.9. The van der Waals surface area contributed by atoms with E-state index in [0.717, 1.165) is 34.1 Å². The molecule has 4 aliphatic rings. The number of ether oxygens (including phenoxy) is 1. The minimum atomic E-state index is -0.888. The number of carbonyl (C=O) groups excluding carboxylic acids is 2. The topological polar surface area (TPSA) is 124 Å². The molecule has 3 aliphatic carbocycles. The second-order valence-electron chi connectivity index (χ2n) is 14.5. The van der Waals surface area contributed by atoms with Crippen LogP contribution in [0.2, 0.25) is 0 Å². The maximum atomic E-state index is 14.1. The van der Waals surface area contributed by atoms with Gasteiger partial charge in [0.15, 0.2) is 0 Å². The summed E-state index contributed by atoms with van der Waals surface area (Å²) in [6, 6.07) is 10.5. The third kappa shape index (κ3) is 7.26. The summed E-state index contributed by atoms with van der Waals surface area (Å²) in [4.78, 5) is 35.3. The third-order valence-electron chi connectivity index (χ3n) is 11.0. The smallest absolute Gasteiger partial charge is 0.251 e. The molecule has 6 rings (SSSR count). The second kappa shape index (κ2) is 14.5. The first-order valence-electron chi connectivity index (χ1n) is 16.7. The van der Waals surface area contributed by atoms with Crippen LogP contribution in [0.1, 0.15) is 56.5 Å². The molecule has 8 atom stereocenters. The summed E-state index contributed by atoms with van der Waals surface area (Å²) < 4.78 is 6.72. The van der Waals surface area contributed by atoms with Crippen molar-refractivity contribution in [2.75, 3.05) is 40.9 Å². The molecule has 258 valence electrons. The van der Waals surface area contributed by atoms with Crippen molar-refractivity contribution in [1.29, 1.82) is 0 Å². The maximum absolute atomic E-state index is 14.1. The van der Waals surface area contributed by atoms with E-state index in [1.807, 2.05) is 49.3 Å². The van der Waals surface area contributed by atoms with E-state index in [9.17, 15) is 19.8 Å². The zero-order chi connectivity index (χ0) is 34.2. The lowest BCUT2D eigenvalue weighted by molar-refractivity contribution is -0.183. The van der Waals surface area contributed by atoms with Gasteiger partial charge in [0.05, 0.1) is 26.4 Å². The number of hydroxylamine groups is 2. The van der Waals surface area contributed by atoms with E-state index < -0.39 is 24.2 Å². The van der Waals surface area contributed by atoms with Crippen LogP contribution in [0.3, 0.4) is 0 Å². The highest BCUT2D eigenvalue weighted by atomic mass is 79.9. The van der Waals surface area contributed by atoms with Crippen LogP contribution >= 0.6 is 15.9 Å². The van der Waals surface area contributed by atoms with Gasteiger partial charge in [0.25, 0.3) is 5.91 Å². The number of benzene rings is 2. The highest BCUT2D eigenvalue weighted by molar-refractivity contribution is 9.10. The Morgan fingerprint density at radius 3 is 2.57 bits per heavy atom. The first-order valence-corrected chi connectivity index (χ1v) is 17.5. The highest BCUT2D eigenvalue weighted by Crippen LogP contribution is 2.61. The molecule has 2 aromatic carbocycles. The van der Waals surface area contributed by atoms with Gasteiger partial charge in [-0.05, 0) is 80.8 Å². The van der Waals surface area contributed by atoms with Crippen molar-refractivity contribution in [3.63, 3.8) is 0 Å². The number of aliphatic hydroxyl groups is 2. The molecule has 1 aliphatic heterocycles. The molecular formula is C36H51BrN4O6. The van der Waals surface area contributed by atoms with E-state index in [-0.39, 0.29) is 31.0 Å². The fraction of sp³-hybridized carbons (Fsp3) is 0.611. The van der Waals surface area contributed by atoms with Crippen molar-refractivity contribution in [2.24, 2.45) is 29.1 Å². The molecular weight excluding hydrogens is 664 g/mol. The largest absolute Gasteiger partial charge is 0.496 e. The molecule has 3 saturated carbocycles. The van der Waals surface area contributed by atoms with E-state index in [1.165, 1.54) is 6.42 Å². The number of hydrogen-bond donors (Lipinski definition) is 4. The molecule has 0 radical (unpaired) electrons. The number of aliphatic hydroxyl groups excluding tert-OH is 2. The molecule has 0 spiro atoms. The highest BCUT2D eigenvalue weighted by Gasteiger charge is 2.57. The number of nitrogens with one attached hydrogen (secondary N) is 2. The summed E-state index contributed by atoms with van der Waals surface area (Å²) >= 11 is 3.57. The number of amides is 2. The molecule has 11 heteroatoms. The average molecular weight is 716 g/mol. The van der Waals surface area contributed by atoms with Crippen molar-refractivity contribution in [3.8, 4) is 16.9 Å². The lowest BCUT2D eigenvalue weighted by atomic mass is 9.45. The summed E-state index contributed by atoms with van der Waals surface area (Å²) in [6.45, 7) is 9.64. The molecule has 0 aromatic heterocycles. The number of nitrogens with zero attached hydrogens (tertiary/aromatic N) is 2. The fourth-order valence-corrected chi connectivity index (χ4v) is 8.69. The van der Waals surface area contributed by atoms with Gasteiger partial charge in [-0.2, -0.15) is 5.06 Å². The van der Waals surface area contributed by atoms with E-state index >= 15 is 0 Å². The van der Waals surface area contributed by atoms with Gasteiger partial charge in [-0.1, -0.05) is 54.9 Å². The van der Waals surface area contributed by atoms with Gasteiger partial charge in [0.2, 0.25) is 5.91 Å². The summed E-state index contributed by atoms with van der Waals surface area (Å²) in [6.07, 6.45) is 0.514. The molecule has 2 amide bonds. The van der Waals surface area contributed by atoms with Crippen LogP contribution in [0, 0.1) is 29.1 Å². The summed E-state index contributed by atoms with van der Waals surface area (Å²) in [7, 11) is 5.51. The quantitative estimate of drug-likeness (QED) is 0.260. The van der Waals surface area contributed by atoms with Crippen molar-refractivity contribution in [2.45, 2.75) is 71.4 Å². The Morgan fingerprint density at radius 2 is 1.96 bits per heavy atom. The van der Waals surface area contributed by atoms with E-state index in [0.29, 0.717) is 41.0 Å². The van der Waals surface area contributed by atoms with Gasteiger partial charge in [-0.25, -0.2) is 0 Å². The number of halogens is 1. The van der Waals surface area contributed by atoms with Crippen LogP contribution in [0.5, 0.6) is 5.75 Å². The number of likely N-dealkylation sites (N-methyl/N-ethyl adjacent to an activating group) is 1. The first-order chi connectivity index (χ1) is 22.3. The number of carbonyl (C=O) groups is 2. The third-order valence-corrected chi connectivity index (χ3v) is 11.5. The molecule has 2 unspecified atom stereocenters. The van der Waals surface area contributed by atoms with E-state index in [1.54, 1.807) is 25.2 Å². The first kappa shape index (κ1) is 35.8. The number of methoxy groups -OCH3 is 1. The average Bonchev–Trinajstić information content (AvgIpc) is 3.39. The summed E-state index contributed by atoms with van der Waals surface area (Å²) in [5.74, 6) is 1.07. The Hall–Kier alpha value is -2.54. The predicted octanol–water partition coefficient (Wildman–Crippen LogP) is 4.08. The molecule has 10 nitrogen and oxygen atoms in total. The van der Waals surface area contributed by atoms with Crippen molar-refractivity contribution < 1.29 is 29.4 Å². The molecule has 47 heavy (non-hydrogen) atoms. The molecule has 2 bridgehead atoms. The van der Waals surface area contributed by atoms with Crippen LogP contribution in [-0.4, -0.2) is 97.2 Å². The van der Waals surface area contributed by atoms with Gasteiger partial charge in [-0.3, -0.25) is 14.4 Å². The fourth-order valence-electron chi connectivity index (χ4n) is 8.20. The van der Waals surface area contributed by atoms with Gasteiger partial charge in [0.1, 0.15) is 17.9 Å². The molecule has 2 aromatic rings. The van der Waals surface area contributed by atoms with Crippen LogP contribution < -0.4 is 15.4 Å². The summed E-state index contributed by atoms with van der Waals surface area (Å²) in [5.41, 5.74) is 3.13. The molecule has 4 fully saturated rings. The zero-order valence-electron chi connectivity index (χ0n) is 28.6. The molecule has 1 saturated heterocycles. The van der Waals surface area contributed by atoms with Gasteiger partial charge in [-0.15, -0.1) is 0 Å². The van der Waals surface area contributed by atoms with Crippen LogP contribution in [-0.2, 0) is 16.2 Å². The minimum Gasteiger partial charge on any atom is -0.496 e. The van der Waals surface area contributed by atoms with E-state index in [2.05, 4.69) is 47.3 Å². The van der Waals surface area contributed by atoms with Gasteiger partial charge >= 0.3 is 0 Å². The molecule has 4 N–H and O–H groups in total. The number of rotatable bonds is 12. The van der Waals surface area contributed by atoms with Gasteiger partial charge in [0, 0.05) is 46.2 Å². The monoisotopic (exact) mass is 714 g/mol. The van der Waals surface area contributed by atoms with Crippen LogP contribution in [0.4, 0.5) is 0 Å². The summed E-state index contributed by atoms with van der Waals surface area (Å²) in [5, 5.41) is 29.0. The molecule has 1 heterocycles. The number of hydrogen-bond acceptors (Lipinski definition) is 8. The second-order valence-corrected chi connectivity index (χ2v) is 15.4. The van der Waals surface area contributed by atoms with E-state index in [4.69, 9.17) is 9.57 Å². The standard InChI is InChI=1S/C36H51BrN4O6/c1-20-28-16-25(36(28,3)4)17-29(20)39-35(45)32-31(21(2)43)30(19-42)47-41(32)18-22-9-8-10-27(33(22)46-7)23-13-24(15-26(37)14-23)34(44)38-11-12-40(5)6/h8-10,13-15,20-21,25,28-32,42-43H,11-12,16-19H2,1-7H3,(H,38,44)(H,39,45)/t20-,21?,25+,28-,29-,30-,31?,32-/m0/s1. The number of para-hydroxylation sites is 1. The Morgan fingerprint density at radius 1 is 1.21 bits per heavy atom. The van der Waals surface area contributed by atoms with Crippen molar-refractivity contribution in [3.05, 3.63) is 52.0 Å². The Bertz CT molecular complexity index is 1450.